The first-order chi connectivity index (χ1) is 6.81. The molecule has 2 N–H and O–H groups in total. The highest BCUT2D eigenvalue weighted by Crippen LogP contribution is 2.38. The molecule has 4 heteroatoms. The van der Waals surface area contributed by atoms with Gasteiger partial charge in [0.1, 0.15) is 0 Å². The second-order valence-corrected chi connectivity index (χ2v) is 4.12. The van der Waals surface area contributed by atoms with Gasteiger partial charge >= 0.3 is 0 Å². The Bertz CT molecular complexity index is 216. The summed E-state index contributed by atoms with van der Waals surface area (Å²) in [6.07, 6.45) is 3.99. The summed E-state index contributed by atoms with van der Waals surface area (Å²) < 4.78 is 5.66. The van der Waals surface area contributed by atoms with Gasteiger partial charge < -0.3 is 15.4 Å². The van der Waals surface area contributed by atoms with Crippen molar-refractivity contribution in [2.75, 3.05) is 20.2 Å². The van der Waals surface area contributed by atoms with Gasteiger partial charge in [0.05, 0.1) is 12.6 Å². The average molecular weight is 198 g/mol. The van der Waals surface area contributed by atoms with Crippen LogP contribution in [0.3, 0.4) is 0 Å². The highest BCUT2D eigenvalue weighted by molar-refractivity contribution is 5.77. The van der Waals surface area contributed by atoms with Crippen LogP contribution < -0.4 is 10.6 Å². The number of ether oxygens (including phenoxy) is 1. The predicted molar refractivity (Wildman–Crippen MR) is 52.9 cm³/mol. The molecular weight excluding hydrogens is 180 g/mol. The highest BCUT2D eigenvalue weighted by Gasteiger charge is 2.40. The second kappa shape index (κ2) is 4.28. The molecule has 4 nitrogen and oxygen atoms in total. The molecule has 80 valence electrons. The van der Waals surface area contributed by atoms with Crippen LogP contribution in [0.25, 0.3) is 0 Å². The van der Waals surface area contributed by atoms with Crippen molar-refractivity contribution in [3.05, 3.63) is 0 Å². The third-order valence-corrected chi connectivity index (χ3v) is 3.03. The van der Waals surface area contributed by atoms with Crippen LogP contribution in [0.1, 0.15) is 19.3 Å². The van der Waals surface area contributed by atoms with Gasteiger partial charge in [0.2, 0.25) is 5.91 Å². The van der Waals surface area contributed by atoms with E-state index in [0.717, 1.165) is 18.9 Å². The molecule has 14 heavy (non-hydrogen) atoms. The monoisotopic (exact) mass is 198 g/mol. The lowest BCUT2D eigenvalue weighted by molar-refractivity contribution is -0.119. The number of likely N-dealkylation sites (N-methyl/N-ethyl adjacent to an activating group) is 1. The zero-order chi connectivity index (χ0) is 9.97. The van der Waals surface area contributed by atoms with Gasteiger partial charge in [0.25, 0.3) is 0 Å². The minimum absolute atomic E-state index is 0.0476. The molecule has 1 amide bonds. The Balaban J connectivity index is 1.75. The Hall–Kier alpha value is -0.610. The zero-order valence-corrected chi connectivity index (χ0v) is 8.58. The fourth-order valence-corrected chi connectivity index (χ4v) is 2.03. The van der Waals surface area contributed by atoms with Crippen LogP contribution in [-0.4, -0.2) is 38.3 Å². The lowest BCUT2D eigenvalue weighted by Crippen LogP contribution is -2.42. The van der Waals surface area contributed by atoms with E-state index in [2.05, 4.69) is 10.6 Å². The van der Waals surface area contributed by atoms with Crippen LogP contribution >= 0.6 is 0 Å². The molecule has 1 aliphatic carbocycles. The number of hydrogen-bond donors (Lipinski definition) is 2. The minimum atomic E-state index is 0.0476. The van der Waals surface area contributed by atoms with E-state index in [1.54, 1.807) is 7.05 Å². The molecule has 1 heterocycles. The van der Waals surface area contributed by atoms with E-state index in [4.69, 9.17) is 4.74 Å². The number of hydrogen-bond acceptors (Lipinski definition) is 3. The van der Waals surface area contributed by atoms with Gasteiger partial charge in [-0.15, -0.1) is 0 Å². The predicted octanol–water partition coefficient (Wildman–Crippen LogP) is -0.111. The molecule has 0 aromatic carbocycles. The van der Waals surface area contributed by atoms with Crippen LogP contribution in [0.2, 0.25) is 0 Å². The maximum atomic E-state index is 11.0. The van der Waals surface area contributed by atoms with Gasteiger partial charge in [-0.3, -0.25) is 4.79 Å². The summed E-state index contributed by atoms with van der Waals surface area (Å²) in [6, 6.07) is 0.389. The van der Waals surface area contributed by atoms with Crippen molar-refractivity contribution in [1.29, 1.82) is 0 Å². The number of rotatable bonds is 4. The molecule has 1 saturated heterocycles. The van der Waals surface area contributed by atoms with Gasteiger partial charge in [0, 0.05) is 19.7 Å². The molecule has 0 bridgehead atoms. The molecule has 2 atom stereocenters. The number of carbonyl (C=O) groups excluding carboxylic acids is 1. The Morgan fingerprint density at radius 3 is 2.86 bits per heavy atom. The number of nitrogens with one attached hydrogen (secondary N) is 2. The van der Waals surface area contributed by atoms with Gasteiger partial charge in [-0.2, -0.15) is 0 Å². The SMILES string of the molecule is CNC(=O)CNC1CCOC1C1CC1. The van der Waals surface area contributed by atoms with Crippen LogP contribution in [0.15, 0.2) is 0 Å². The van der Waals surface area contributed by atoms with Crippen molar-refractivity contribution in [2.45, 2.75) is 31.4 Å². The first-order valence-corrected chi connectivity index (χ1v) is 5.37. The van der Waals surface area contributed by atoms with Crippen LogP contribution in [0.5, 0.6) is 0 Å². The third kappa shape index (κ3) is 2.25. The molecule has 1 aliphatic heterocycles. The van der Waals surface area contributed by atoms with Crippen molar-refractivity contribution in [3.63, 3.8) is 0 Å². The van der Waals surface area contributed by atoms with E-state index in [1.165, 1.54) is 12.8 Å². The molecule has 0 spiro atoms. The molecule has 0 aromatic heterocycles. The van der Waals surface area contributed by atoms with Crippen LogP contribution in [0.4, 0.5) is 0 Å². The summed E-state index contributed by atoms with van der Waals surface area (Å²) in [4.78, 5) is 11.0. The molecule has 0 radical (unpaired) electrons. The van der Waals surface area contributed by atoms with Gasteiger partial charge in [-0.1, -0.05) is 0 Å². The summed E-state index contributed by atoms with van der Waals surface area (Å²) in [5.41, 5.74) is 0. The summed E-state index contributed by atoms with van der Waals surface area (Å²) in [5, 5.41) is 5.87. The topological polar surface area (TPSA) is 50.4 Å². The minimum Gasteiger partial charge on any atom is -0.376 e. The van der Waals surface area contributed by atoms with Gasteiger partial charge in [-0.25, -0.2) is 0 Å². The van der Waals surface area contributed by atoms with E-state index in [1.807, 2.05) is 0 Å². The smallest absolute Gasteiger partial charge is 0.233 e. The first-order valence-electron chi connectivity index (χ1n) is 5.37. The van der Waals surface area contributed by atoms with Gasteiger partial charge in [-0.05, 0) is 25.2 Å². The Labute approximate surface area is 84.4 Å². The molecule has 1 saturated carbocycles. The van der Waals surface area contributed by atoms with Crippen molar-refractivity contribution in [3.8, 4) is 0 Å². The standard InChI is InChI=1S/C10H18N2O2/c1-11-9(13)6-12-8-4-5-14-10(8)7-2-3-7/h7-8,10,12H,2-6H2,1H3,(H,11,13). The molecule has 2 unspecified atom stereocenters. The molecular formula is C10H18N2O2. The maximum Gasteiger partial charge on any atom is 0.233 e. The molecule has 0 aromatic rings. The largest absolute Gasteiger partial charge is 0.376 e. The lowest BCUT2D eigenvalue weighted by Gasteiger charge is -2.18. The van der Waals surface area contributed by atoms with Crippen molar-refractivity contribution in [1.82, 2.24) is 10.6 Å². The van der Waals surface area contributed by atoms with E-state index in [0.29, 0.717) is 18.7 Å². The van der Waals surface area contributed by atoms with Crippen molar-refractivity contribution >= 4 is 5.91 Å². The summed E-state index contributed by atoms with van der Waals surface area (Å²) in [6.45, 7) is 1.25. The third-order valence-electron chi connectivity index (χ3n) is 3.03. The fourth-order valence-electron chi connectivity index (χ4n) is 2.03. The Morgan fingerprint density at radius 1 is 1.43 bits per heavy atom. The van der Waals surface area contributed by atoms with E-state index >= 15 is 0 Å². The van der Waals surface area contributed by atoms with E-state index < -0.39 is 0 Å². The van der Waals surface area contributed by atoms with Gasteiger partial charge in [0.15, 0.2) is 0 Å². The van der Waals surface area contributed by atoms with E-state index in [-0.39, 0.29) is 5.91 Å². The number of amides is 1. The molecule has 2 rings (SSSR count). The van der Waals surface area contributed by atoms with Crippen LogP contribution in [-0.2, 0) is 9.53 Å². The number of carbonyl (C=O) groups is 1. The summed E-state index contributed by atoms with van der Waals surface area (Å²) >= 11 is 0. The van der Waals surface area contributed by atoms with Crippen LogP contribution in [0, 0.1) is 5.92 Å². The Morgan fingerprint density at radius 2 is 2.21 bits per heavy atom. The molecule has 2 aliphatic rings. The summed E-state index contributed by atoms with van der Waals surface area (Å²) in [5.74, 6) is 0.797. The lowest BCUT2D eigenvalue weighted by atomic mass is 10.1. The molecule has 2 fully saturated rings. The van der Waals surface area contributed by atoms with Crippen molar-refractivity contribution in [2.24, 2.45) is 5.92 Å². The normalized spacial score (nSPS) is 31.8. The zero-order valence-electron chi connectivity index (χ0n) is 8.58. The fraction of sp³-hybridized carbons (Fsp3) is 0.900. The highest BCUT2D eigenvalue weighted by atomic mass is 16.5. The summed E-state index contributed by atoms with van der Waals surface area (Å²) in [7, 11) is 1.66. The van der Waals surface area contributed by atoms with E-state index in [9.17, 15) is 4.79 Å². The first kappa shape index (κ1) is 9.93. The maximum absolute atomic E-state index is 11.0. The average Bonchev–Trinajstić information content (AvgIpc) is 2.94. The second-order valence-electron chi connectivity index (χ2n) is 4.12. The quantitative estimate of drug-likeness (QED) is 0.662. The Kier molecular flexibility index (Phi) is 3.03. The van der Waals surface area contributed by atoms with Crippen molar-refractivity contribution < 1.29 is 9.53 Å².